The number of nitrogens with zero attached hydrogens (tertiary/aromatic N) is 4. The summed E-state index contributed by atoms with van der Waals surface area (Å²) < 4.78 is 5.58. The molecule has 0 aromatic heterocycles. The van der Waals surface area contributed by atoms with Crippen LogP contribution in [0.15, 0.2) is 29.3 Å². The average molecular weight is 570 g/mol. The fourth-order valence-corrected chi connectivity index (χ4v) is 5.18. The van der Waals surface area contributed by atoms with Gasteiger partial charge in [0.05, 0.1) is 0 Å². The van der Waals surface area contributed by atoms with E-state index in [9.17, 15) is 4.79 Å². The minimum atomic E-state index is -0.224. The number of carbonyl (C=O) groups is 1. The van der Waals surface area contributed by atoms with Gasteiger partial charge in [-0.2, -0.15) is 0 Å². The Labute approximate surface area is 215 Å². The zero-order chi connectivity index (χ0) is 22.3. The molecule has 2 unspecified atom stereocenters. The van der Waals surface area contributed by atoms with Gasteiger partial charge in [0.25, 0.3) is 5.91 Å². The van der Waals surface area contributed by atoms with Crippen molar-refractivity contribution in [3.05, 3.63) is 35.4 Å². The molecule has 3 heterocycles. The molecule has 1 N–H and O–H groups in total. The Bertz CT molecular complexity index is 791. The second-order valence-electron chi connectivity index (χ2n) is 9.47. The molecule has 0 aliphatic carbocycles. The summed E-state index contributed by atoms with van der Waals surface area (Å²) in [5, 5.41) is 3.57. The lowest BCUT2D eigenvalue weighted by atomic mass is 9.99. The van der Waals surface area contributed by atoms with Gasteiger partial charge in [0.1, 0.15) is 6.10 Å². The largest absolute Gasteiger partial charge is 0.368 e. The summed E-state index contributed by atoms with van der Waals surface area (Å²) in [7, 11) is 1.84. The molecule has 0 spiro atoms. The highest BCUT2D eigenvalue weighted by Gasteiger charge is 2.31. The number of benzene rings is 1. The fourth-order valence-electron chi connectivity index (χ4n) is 5.18. The molecule has 1 aromatic carbocycles. The standard InChI is InChI=1S/C25H39N5O2.HI/c1-20-7-5-11-28(18-20)19-22-9-4-3-8-21(22)17-27-25(26-2)30-14-12-29(13-15-30)24(31)23-10-6-16-32-23;/h3-4,8-9,20,23H,5-7,10-19H2,1-2H3,(H,26,27);1H. The summed E-state index contributed by atoms with van der Waals surface area (Å²) in [5.41, 5.74) is 2.73. The van der Waals surface area contributed by atoms with E-state index in [-0.39, 0.29) is 36.0 Å². The number of hydrogen-bond donors (Lipinski definition) is 1. The predicted molar refractivity (Wildman–Crippen MR) is 143 cm³/mol. The van der Waals surface area contributed by atoms with Crippen LogP contribution in [0.5, 0.6) is 0 Å². The topological polar surface area (TPSA) is 60.4 Å². The highest BCUT2D eigenvalue weighted by Crippen LogP contribution is 2.20. The van der Waals surface area contributed by atoms with Gasteiger partial charge in [-0.25, -0.2) is 0 Å². The van der Waals surface area contributed by atoms with Crippen molar-refractivity contribution in [2.45, 2.75) is 51.8 Å². The minimum Gasteiger partial charge on any atom is -0.368 e. The first-order chi connectivity index (χ1) is 15.6. The molecular weight excluding hydrogens is 529 g/mol. The maximum absolute atomic E-state index is 12.6. The number of ether oxygens (including phenoxy) is 1. The number of nitrogens with one attached hydrogen (secondary N) is 1. The SMILES string of the molecule is CN=C(NCc1ccccc1CN1CCCC(C)C1)N1CCN(C(=O)C2CCCO2)CC1.I. The van der Waals surface area contributed by atoms with Crippen molar-refractivity contribution in [1.29, 1.82) is 0 Å². The Morgan fingerprint density at radius 1 is 1.06 bits per heavy atom. The molecule has 0 bridgehead atoms. The lowest BCUT2D eigenvalue weighted by Gasteiger charge is -2.37. The first kappa shape index (κ1) is 26.2. The molecule has 1 amide bonds. The summed E-state index contributed by atoms with van der Waals surface area (Å²) in [6, 6.07) is 8.75. The number of piperazine rings is 1. The number of likely N-dealkylation sites (tertiary alicyclic amines) is 1. The molecule has 3 saturated heterocycles. The van der Waals surface area contributed by atoms with Gasteiger partial charge in [0, 0.05) is 59.5 Å². The van der Waals surface area contributed by atoms with Crippen LogP contribution in [0.4, 0.5) is 0 Å². The van der Waals surface area contributed by atoms with Crippen molar-refractivity contribution in [2.75, 3.05) is 52.9 Å². The van der Waals surface area contributed by atoms with E-state index in [1.807, 2.05) is 11.9 Å². The van der Waals surface area contributed by atoms with Crippen LogP contribution in [0.25, 0.3) is 0 Å². The molecule has 184 valence electrons. The highest BCUT2D eigenvalue weighted by molar-refractivity contribution is 14.0. The highest BCUT2D eigenvalue weighted by atomic mass is 127. The molecular formula is C25H40IN5O2. The number of piperidine rings is 1. The third-order valence-electron chi connectivity index (χ3n) is 7.00. The predicted octanol–water partition coefficient (Wildman–Crippen LogP) is 2.94. The van der Waals surface area contributed by atoms with Crippen molar-refractivity contribution >= 4 is 35.8 Å². The smallest absolute Gasteiger partial charge is 0.251 e. The molecule has 1 aromatic rings. The third kappa shape index (κ3) is 7.05. The van der Waals surface area contributed by atoms with Gasteiger partial charge < -0.3 is 19.9 Å². The maximum Gasteiger partial charge on any atom is 0.251 e. The minimum absolute atomic E-state index is 0. The van der Waals surface area contributed by atoms with Crippen molar-refractivity contribution in [3.63, 3.8) is 0 Å². The third-order valence-corrected chi connectivity index (χ3v) is 7.00. The summed E-state index contributed by atoms with van der Waals surface area (Å²) in [5.74, 6) is 1.86. The molecule has 0 saturated carbocycles. The molecule has 7 nitrogen and oxygen atoms in total. The van der Waals surface area contributed by atoms with E-state index in [2.05, 4.69) is 51.3 Å². The lowest BCUT2D eigenvalue weighted by Crippen LogP contribution is -2.55. The van der Waals surface area contributed by atoms with Crippen LogP contribution in [-0.2, 0) is 22.6 Å². The van der Waals surface area contributed by atoms with Gasteiger partial charge in [0.2, 0.25) is 0 Å². The molecule has 33 heavy (non-hydrogen) atoms. The molecule has 0 radical (unpaired) electrons. The first-order valence-electron chi connectivity index (χ1n) is 12.3. The van der Waals surface area contributed by atoms with Crippen molar-refractivity contribution in [2.24, 2.45) is 10.9 Å². The summed E-state index contributed by atoms with van der Waals surface area (Å²) in [6.07, 6.45) is 4.28. The van der Waals surface area contributed by atoms with E-state index >= 15 is 0 Å². The van der Waals surface area contributed by atoms with Gasteiger partial charge in [-0.15, -0.1) is 24.0 Å². The summed E-state index contributed by atoms with van der Waals surface area (Å²) in [4.78, 5) is 23.9. The number of hydrogen-bond acceptors (Lipinski definition) is 4. The zero-order valence-electron chi connectivity index (χ0n) is 20.2. The van der Waals surface area contributed by atoms with Gasteiger partial charge in [-0.3, -0.25) is 14.7 Å². The van der Waals surface area contributed by atoms with Crippen LogP contribution in [0, 0.1) is 5.92 Å². The normalized spacial score (nSPS) is 24.5. The average Bonchev–Trinajstić information content (AvgIpc) is 3.35. The second kappa shape index (κ2) is 12.9. The number of carbonyl (C=O) groups excluding carboxylic acids is 1. The van der Waals surface area contributed by atoms with E-state index in [1.54, 1.807) is 0 Å². The van der Waals surface area contributed by atoms with E-state index in [0.29, 0.717) is 6.61 Å². The van der Waals surface area contributed by atoms with Crippen molar-refractivity contribution in [1.82, 2.24) is 20.0 Å². The van der Waals surface area contributed by atoms with Crippen LogP contribution < -0.4 is 5.32 Å². The first-order valence-corrected chi connectivity index (χ1v) is 12.3. The van der Waals surface area contributed by atoms with E-state index < -0.39 is 0 Å². The van der Waals surface area contributed by atoms with Crippen LogP contribution in [-0.4, -0.2) is 85.6 Å². The van der Waals surface area contributed by atoms with Gasteiger partial charge in [0.15, 0.2) is 5.96 Å². The zero-order valence-corrected chi connectivity index (χ0v) is 22.5. The lowest BCUT2D eigenvalue weighted by molar-refractivity contribution is -0.142. The number of guanidine groups is 1. The summed E-state index contributed by atoms with van der Waals surface area (Å²) >= 11 is 0. The Morgan fingerprint density at radius 3 is 2.45 bits per heavy atom. The second-order valence-corrected chi connectivity index (χ2v) is 9.47. The molecule has 3 aliphatic heterocycles. The van der Waals surface area contributed by atoms with Crippen molar-refractivity contribution in [3.8, 4) is 0 Å². The Balaban J connectivity index is 0.00000306. The number of halogens is 1. The van der Waals surface area contributed by atoms with Crippen LogP contribution in [0.1, 0.15) is 43.7 Å². The molecule has 8 heteroatoms. The maximum atomic E-state index is 12.6. The van der Waals surface area contributed by atoms with Gasteiger partial charge in [-0.05, 0) is 49.3 Å². The Kier molecular flexibility index (Phi) is 10.2. The van der Waals surface area contributed by atoms with Gasteiger partial charge >= 0.3 is 0 Å². The fraction of sp³-hybridized carbons (Fsp3) is 0.680. The van der Waals surface area contributed by atoms with Crippen molar-refractivity contribution < 1.29 is 9.53 Å². The quantitative estimate of drug-likeness (QED) is 0.336. The van der Waals surface area contributed by atoms with Crippen LogP contribution >= 0.6 is 24.0 Å². The molecule has 3 fully saturated rings. The number of rotatable bonds is 5. The van der Waals surface area contributed by atoms with Crippen LogP contribution in [0.3, 0.4) is 0 Å². The van der Waals surface area contributed by atoms with Crippen LogP contribution in [0.2, 0.25) is 0 Å². The van der Waals surface area contributed by atoms with E-state index in [4.69, 9.17) is 4.74 Å². The Hall–Kier alpha value is -1.39. The van der Waals surface area contributed by atoms with E-state index in [1.165, 1.54) is 37.1 Å². The number of aliphatic imine (C=N–C) groups is 1. The number of amides is 1. The van der Waals surface area contributed by atoms with E-state index in [0.717, 1.165) is 64.0 Å². The molecule has 3 aliphatic rings. The molecule has 2 atom stereocenters. The molecule has 4 rings (SSSR count). The monoisotopic (exact) mass is 569 g/mol. The van der Waals surface area contributed by atoms with Gasteiger partial charge in [-0.1, -0.05) is 31.2 Å². The summed E-state index contributed by atoms with van der Waals surface area (Å²) in [6.45, 7) is 10.3. The Morgan fingerprint density at radius 2 is 1.79 bits per heavy atom.